The van der Waals surface area contributed by atoms with Crippen LogP contribution in [0.3, 0.4) is 0 Å². The van der Waals surface area contributed by atoms with Gasteiger partial charge in [-0.2, -0.15) is 0 Å². The van der Waals surface area contributed by atoms with Gasteiger partial charge in [-0.1, -0.05) is 0 Å². The topological polar surface area (TPSA) is 81.7 Å². The Hall–Kier alpha value is -1.92. The lowest BCUT2D eigenvalue weighted by atomic mass is 10.1. The Morgan fingerprint density at radius 2 is 1.85 bits per heavy atom. The van der Waals surface area contributed by atoms with Crippen molar-refractivity contribution in [3.05, 3.63) is 35.4 Å². The summed E-state index contributed by atoms with van der Waals surface area (Å²) in [5.74, 6) is -1.22. The van der Waals surface area contributed by atoms with Crippen LogP contribution in [0.25, 0.3) is 0 Å². The summed E-state index contributed by atoms with van der Waals surface area (Å²) in [5, 5.41) is 14.1. The number of carbonyl (C=O) groups excluding carboxylic acids is 1. The second-order valence-corrected chi connectivity index (χ2v) is 5.13. The summed E-state index contributed by atoms with van der Waals surface area (Å²) >= 11 is 0. The van der Waals surface area contributed by atoms with E-state index in [1.54, 1.807) is 0 Å². The lowest BCUT2D eigenvalue weighted by molar-refractivity contribution is 0.0580. The van der Waals surface area contributed by atoms with Crippen LogP contribution >= 0.6 is 0 Å². The van der Waals surface area contributed by atoms with Crippen LogP contribution in [0.2, 0.25) is 0 Å². The zero-order valence-corrected chi connectivity index (χ0v) is 11.6. The number of benzene rings is 1. The number of carboxylic acids is 1. The molecule has 0 bridgehead atoms. The van der Waals surface area contributed by atoms with Crippen LogP contribution in [0.15, 0.2) is 24.3 Å². The second-order valence-electron chi connectivity index (χ2n) is 5.13. The van der Waals surface area contributed by atoms with Crippen molar-refractivity contribution in [3.8, 4) is 0 Å². The molecule has 3 N–H and O–H groups in total. The molecule has 6 heteroatoms. The molecule has 1 fully saturated rings. The number of hydrogen-bond acceptors (Lipinski definition) is 4. The quantitative estimate of drug-likeness (QED) is 0.758. The van der Waals surface area contributed by atoms with Gasteiger partial charge in [0.2, 0.25) is 0 Å². The molecule has 2 unspecified atom stereocenters. The fourth-order valence-corrected chi connectivity index (χ4v) is 2.14. The summed E-state index contributed by atoms with van der Waals surface area (Å²) in [6.45, 7) is 5.65. The standard InChI is InChI=1S/C14H19N3O3/c1-9-8-17(10(2)7-15-9)16-13(18)11-3-5-12(6-4-11)14(19)20/h3-6,9-10,15H,7-8H2,1-2H3,(H,16,18)(H,19,20). The van der Waals surface area contributed by atoms with Gasteiger partial charge in [-0.05, 0) is 38.1 Å². The molecule has 0 aromatic heterocycles. The molecule has 2 rings (SSSR count). The van der Waals surface area contributed by atoms with Crippen molar-refractivity contribution < 1.29 is 14.7 Å². The summed E-state index contributed by atoms with van der Waals surface area (Å²) < 4.78 is 0. The van der Waals surface area contributed by atoms with Gasteiger partial charge in [-0.3, -0.25) is 10.2 Å². The van der Waals surface area contributed by atoms with Gasteiger partial charge in [-0.25, -0.2) is 9.80 Å². The van der Waals surface area contributed by atoms with Crippen molar-refractivity contribution in [2.24, 2.45) is 0 Å². The van der Waals surface area contributed by atoms with Crippen LogP contribution in [0.5, 0.6) is 0 Å². The number of nitrogens with zero attached hydrogens (tertiary/aromatic N) is 1. The van der Waals surface area contributed by atoms with Crippen LogP contribution in [0.4, 0.5) is 0 Å². The van der Waals surface area contributed by atoms with E-state index in [-0.39, 0.29) is 17.5 Å². The second kappa shape index (κ2) is 6.02. The minimum Gasteiger partial charge on any atom is -0.478 e. The summed E-state index contributed by atoms with van der Waals surface area (Å²) in [6.07, 6.45) is 0. The fourth-order valence-electron chi connectivity index (χ4n) is 2.14. The predicted octanol–water partition coefficient (Wildman–Crippen LogP) is 0.712. The number of piperazine rings is 1. The van der Waals surface area contributed by atoms with Gasteiger partial charge in [0.25, 0.3) is 5.91 Å². The van der Waals surface area contributed by atoms with Crippen molar-refractivity contribution in [3.63, 3.8) is 0 Å². The van der Waals surface area contributed by atoms with Gasteiger partial charge < -0.3 is 10.4 Å². The van der Waals surface area contributed by atoms with Gasteiger partial charge >= 0.3 is 5.97 Å². The molecule has 0 saturated carbocycles. The highest BCUT2D eigenvalue weighted by molar-refractivity contribution is 5.95. The van der Waals surface area contributed by atoms with E-state index in [2.05, 4.69) is 17.7 Å². The molecular weight excluding hydrogens is 258 g/mol. The number of nitrogens with one attached hydrogen (secondary N) is 2. The third kappa shape index (κ3) is 3.34. The molecule has 1 aromatic rings. The van der Waals surface area contributed by atoms with Gasteiger partial charge in [0, 0.05) is 30.7 Å². The number of aromatic carboxylic acids is 1. The first kappa shape index (κ1) is 14.5. The van der Waals surface area contributed by atoms with Crippen LogP contribution in [-0.2, 0) is 0 Å². The van der Waals surface area contributed by atoms with Crippen molar-refractivity contribution in [1.29, 1.82) is 0 Å². The predicted molar refractivity (Wildman–Crippen MR) is 74.5 cm³/mol. The minimum atomic E-state index is -0.999. The molecule has 0 aliphatic carbocycles. The zero-order chi connectivity index (χ0) is 14.7. The van der Waals surface area contributed by atoms with Crippen LogP contribution in [-0.4, -0.2) is 47.2 Å². The van der Waals surface area contributed by atoms with Crippen LogP contribution in [0, 0.1) is 0 Å². The Morgan fingerprint density at radius 1 is 1.25 bits per heavy atom. The van der Waals surface area contributed by atoms with E-state index in [1.807, 2.05) is 11.9 Å². The molecule has 6 nitrogen and oxygen atoms in total. The molecule has 1 amide bonds. The average molecular weight is 277 g/mol. The molecule has 108 valence electrons. The first-order valence-electron chi connectivity index (χ1n) is 6.61. The van der Waals surface area contributed by atoms with Crippen molar-refractivity contribution in [2.45, 2.75) is 25.9 Å². The Balaban J connectivity index is 2.02. The molecule has 0 radical (unpaired) electrons. The fraction of sp³-hybridized carbons (Fsp3) is 0.429. The number of carbonyl (C=O) groups is 2. The average Bonchev–Trinajstić information content (AvgIpc) is 2.43. The highest BCUT2D eigenvalue weighted by atomic mass is 16.4. The van der Waals surface area contributed by atoms with E-state index in [0.717, 1.165) is 13.1 Å². The molecule has 20 heavy (non-hydrogen) atoms. The maximum atomic E-state index is 12.1. The zero-order valence-electron chi connectivity index (χ0n) is 11.6. The number of hydrogen-bond donors (Lipinski definition) is 3. The number of amides is 1. The Kier molecular flexibility index (Phi) is 4.36. The van der Waals surface area contributed by atoms with Crippen molar-refractivity contribution in [2.75, 3.05) is 13.1 Å². The lowest BCUT2D eigenvalue weighted by Gasteiger charge is -2.37. The van der Waals surface area contributed by atoms with Crippen molar-refractivity contribution >= 4 is 11.9 Å². The first-order chi connectivity index (χ1) is 9.47. The summed E-state index contributed by atoms with van der Waals surface area (Å²) in [4.78, 5) is 22.9. The first-order valence-corrected chi connectivity index (χ1v) is 6.61. The smallest absolute Gasteiger partial charge is 0.335 e. The van der Waals surface area contributed by atoms with Gasteiger partial charge in [-0.15, -0.1) is 0 Å². The molecule has 1 aliphatic heterocycles. The molecule has 2 atom stereocenters. The van der Waals surface area contributed by atoms with Crippen LogP contribution < -0.4 is 10.7 Å². The monoisotopic (exact) mass is 277 g/mol. The Morgan fingerprint density at radius 3 is 2.45 bits per heavy atom. The third-order valence-corrected chi connectivity index (χ3v) is 3.40. The Bertz CT molecular complexity index is 501. The molecule has 1 aliphatic rings. The molecular formula is C14H19N3O3. The lowest BCUT2D eigenvalue weighted by Crippen LogP contribution is -2.60. The Labute approximate surface area is 117 Å². The summed E-state index contributed by atoms with van der Waals surface area (Å²) in [7, 11) is 0. The van der Waals surface area contributed by atoms with Gasteiger partial charge in [0.05, 0.1) is 5.56 Å². The highest BCUT2D eigenvalue weighted by Crippen LogP contribution is 2.07. The molecule has 1 aromatic carbocycles. The number of hydrazine groups is 1. The molecule has 1 heterocycles. The minimum absolute atomic E-state index is 0.172. The van der Waals surface area contributed by atoms with Gasteiger partial charge in [0.1, 0.15) is 0 Å². The number of rotatable bonds is 3. The summed E-state index contributed by atoms with van der Waals surface area (Å²) in [5.41, 5.74) is 3.50. The maximum absolute atomic E-state index is 12.1. The van der Waals surface area contributed by atoms with E-state index >= 15 is 0 Å². The number of carboxylic acid groups (broad SMARTS) is 1. The van der Waals surface area contributed by atoms with E-state index in [1.165, 1.54) is 24.3 Å². The SMILES string of the molecule is CC1CN(NC(=O)c2ccc(C(=O)O)cc2)C(C)CN1. The third-order valence-electron chi connectivity index (χ3n) is 3.40. The normalized spacial score (nSPS) is 23.3. The van der Waals surface area contributed by atoms with Crippen LogP contribution in [0.1, 0.15) is 34.6 Å². The largest absolute Gasteiger partial charge is 0.478 e. The van der Waals surface area contributed by atoms with E-state index in [0.29, 0.717) is 11.6 Å². The van der Waals surface area contributed by atoms with Crippen molar-refractivity contribution in [1.82, 2.24) is 15.8 Å². The summed E-state index contributed by atoms with van der Waals surface area (Å²) in [6, 6.07) is 6.45. The molecule has 1 saturated heterocycles. The maximum Gasteiger partial charge on any atom is 0.335 e. The molecule has 0 spiro atoms. The van der Waals surface area contributed by atoms with E-state index in [4.69, 9.17) is 5.11 Å². The van der Waals surface area contributed by atoms with Gasteiger partial charge in [0.15, 0.2) is 0 Å². The van der Waals surface area contributed by atoms with E-state index < -0.39 is 5.97 Å². The van der Waals surface area contributed by atoms with E-state index in [9.17, 15) is 9.59 Å². The highest BCUT2D eigenvalue weighted by Gasteiger charge is 2.24.